The summed E-state index contributed by atoms with van der Waals surface area (Å²) in [6.45, 7) is 2.27. The smallest absolute Gasteiger partial charge is 0.165 e. The van der Waals surface area contributed by atoms with Gasteiger partial charge in [-0.15, -0.1) is 0 Å². The van der Waals surface area contributed by atoms with Crippen molar-refractivity contribution in [1.29, 1.82) is 0 Å². The van der Waals surface area contributed by atoms with Gasteiger partial charge in [-0.05, 0) is 17.7 Å². The van der Waals surface area contributed by atoms with E-state index < -0.39 is 11.9 Å². The van der Waals surface area contributed by atoms with E-state index in [0.29, 0.717) is 12.2 Å². The SMILES string of the molecule is COCC(C)C(O)c1ccc(OC)c(F)c1. The summed E-state index contributed by atoms with van der Waals surface area (Å²) in [5.41, 5.74) is 0.530. The summed E-state index contributed by atoms with van der Waals surface area (Å²) in [7, 11) is 2.97. The van der Waals surface area contributed by atoms with Crippen LogP contribution in [0, 0.1) is 11.7 Å². The summed E-state index contributed by atoms with van der Waals surface area (Å²) >= 11 is 0. The fourth-order valence-electron chi connectivity index (χ4n) is 1.55. The van der Waals surface area contributed by atoms with Gasteiger partial charge < -0.3 is 14.6 Å². The molecule has 0 heterocycles. The van der Waals surface area contributed by atoms with Crippen LogP contribution in [-0.4, -0.2) is 25.9 Å². The quantitative estimate of drug-likeness (QED) is 0.839. The van der Waals surface area contributed by atoms with Gasteiger partial charge in [0.1, 0.15) is 0 Å². The minimum Gasteiger partial charge on any atom is -0.494 e. The van der Waals surface area contributed by atoms with E-state index in [1.807, 2.05) is 6.92 Å². The summed E-state index contributed by atoms with van der Waals surface area (Å²) in [5, 5.41) is 9.92. The molecule has 0 fully saturated rings. The molecule has 2 unspecified atom stereocenters. The van der Waals surface area contributed by atoms with Gasteiger partial charge in [-0.2, -0.15) is 0 Å². The summed E-state index contributed by atoms with van der Waals surface area (Å²) in [6, 6.07) is 4.45. The van der Waals surface area contributed by atoms with E-state index in [9.17, 15) is 9.50 Å². The van der Waals surface area contributed by atoms with Gasteiger partial charge in [-0.3, -0.25) is 0 Å². The molecule has 2 atom stereocenters. The van der Waals surface area contributed by atoms with Crippen molar-refractivity contribution in [2.24, 2.45) is 5.92 Å². The van der Waals surface area contributed by atoms with Crippen molar-refractivity contribution in [3.63, 3.8) is 0 Å². The van der Waals surface area contributed by atoms with Crippen molar-refractivity contribution in [3.8, 4) is 5.75 Å². The lowest BCUT2D eigenvalue weighted by atomic mass is 9.98. The van der Waals surface area contributed by atoms with Crippen molar-refractivity contribution in [1.82, 2.24) is 0 Å². The second-order valence-corrected chi connectivity index (χ2v) is 3.77. The Morgan fingerprint density at radius 1 is 1.38 bits per heavy atom. The van der Waals surface area contributed by atoms with Crippen LogP contribution in [0.1, 0.15) is 18.6 Å². The molecule has 0 aliphatic rings. The van der Waals surface area contributed by atoms with E-state index in [4.69, 9.17) is 9.47 Å². The Morgan fingerprint density at radius 3 is 2.56 bits per heavy atom. The van der Waals surface area contributed by atoms with E-state index in [2.05, 4.69) is 0 Å². The lowest BCUT2D eigenvalue weighted by Crippen LogP contribution is -2.14. The number of hydrogen-bond donors (Lipinski definition) is 1. The van der Waals surface area contributed by atoms with Gasteiger partial charge in [0.15, 0.2) is 11.6 Å². The maximum atomic E-state index is 13.4. The van der Waals surface area contributed by atoms with Crippen LogP contribution in [0.3, 0.4) is 0 Å². The standard InChI is InChI=1S/C12H17FO3/c1-8(7-15-2)12(14)9-4-5-11(16-3)10(13)6-9/h4-6,8,12,14H,7H2,1-3H3. The second-order valence-electron chi connectivity index (χ2n) is 3.77. The first kappa shape index (κ1) is 12.9. The highest BCUT2D eigenvalue weighted by Gasteiger charge is 2.17. The van der Waals surface area contributed by atoms with E-state index in [0.717, 1.165) is 0 Å². The van der Waals surface area contributed by atoms with Crippen molar-refractivity contribution in [3.05, 3.63) is 29.6 Å². The first-order valence-electron chi connectivity index (χ1n) is 5.10. The Balaban J connectivity index is 2.84. The average molecular weight is 228 g/mol. The monoisotopic (exact) mass is 228 g/mol. The highest BCUT2D eigenvalue weighted by Crippen LogP contribution is 2.26. The number of aliphatic hydroxyl groups is 1. The average Bonchev–Trinajstić information content (AvgIpc) is 2.28. The molecular weight excluding hydrogens is 211 g/mol. The number of hydrogen-bond acceptors (Lipinski definition) is 3. The van der Waals surface area contributed by atoms with Crippen molar-refractivity contribution in [2.45, 2.75) is 13.0 Å². The zero-order valence-electron chi connectivity index (χ0n) is 9.74. The predicted molar refractivity (Wildman–Crippen MR) is 59.0 cm³/mol. The highest BCUT2D eigenvalue weighted by molar-refractivity contribution is 5.30. The molecule has 1 N–H and O–H groups in total. The Labute approximate surface area is 94.8 Å². The van der Waals surface area contributed by atoms with Crippen LogP contribution in [0.4, 0.5) is 4.39 Å². The van der Waals surface area contributed by atoms with Gasteiger partial charge in [0, 0.05) is 13.0 Å². The van der Waals surface area contributed by atoms with Gasteiger partial charge in [-0.25, -0.2) is 4.39 Å². The fraction of sp³-hybridized carbons (Fsp3) is 0.500. The Morgan fingerprint density at radius 2 is 2.06 bits per heavy atom. The third-order valence-corrected chi connectivity index (χ3v) is 2.49. The molecule has 16 heavy (non-hydrogen) atoms. The largest absolute Gasteiger partial charge is 0.494 e. The van der Waals surface area contributed by atoms with Gasteiger partial charge >= 0.3 is 0 Å². The predicted octanol–water partition coefficient (Wildman–Crippen LogP) is 2.15. The Kier molecular flexibility index (Phi) is 4.71. The molecule has 0 spiro atoms. The van der Waals surface area contributed by atoms with E-state index in [-0.39, 0.29) is 11.7 Å². The minimum atomic E-state index is -0.736. The number of ether oxygens (including phenoxy) is 2. The zero-order chi connectivity index (χ0) is 12.1. The minimum absolute atomic E-state index is 0.0854. The molecule has 0 bridgehead atoms. The fourth-order valence-corrected chi connectivity index (χ4v) is 1.55. The zero-order valence-corrected chi connectivity index (χ0v) is 9.74. The second kappa shape index (κ2) is 5.82. The number of benzene rings is 1. The third kappa shape index (κ3) is 2.93. The molecule has 0 saturated carbocycles. The van der Waals surface area contributed by atoms with E-state index in [1.165, 1.54) is 19.2 Å². The molecular formula is C12H17FO3. The van der Waals surface area contributed by atoms with Crippen LogP contribution in [0.25, 0.3) is 0 Å². The van der Waals surface area contributed by atoms with Gasteiger partial charge in [0.05, 0.1) is 19.8 Å². The molecule has 1 aromatic carbocycles. The molecule has 4 heteroatoms. The lowest BCUT2D eigenvalue weighted by molar-refractivity contribution is 0.0564. The number of aliphatic hydroxyl groups excluding tert-OH is 1. The Bertz CT molecular complexity index is 341. The number of rotatable bonds is 5. The number of methoxy groups -OCH3 is 2. The maximum Gasteiger partial charge on any atom is 0.165 e. The normalized spacial score (nSPS) is 14.6. The first-order valence-corrected chi connectivity index (χ1v) is 5.10. The molecule has 0 aliphatic heterocycles. The molecule has 1 rings (SSSR count). The van der Waals surface area contributed by atoms with Crippen LogP contribution in [0.2, 0.25) is 0 Å². The van der Waals surface area contributed by atoms with Crippen LogP contribution in [-0.2, 0) is 4.74 Å². The summed E-state index contributed by atoms with van der Waals surface area (Å²) < 4.78 is 23.1. The molecule has 0 aliphatic carbocycles. The van der Waals surface area contributed by atoms with E-state index >= 15 is 0 Å². The maximum absolute atomic E-state index is 13.4. The molecule has 0 amide bonds. The molecule has 0 aromatic heterocycles. The summed E-state index contributed by atoms with van der Waals surface area (Å²) in [4.78, 5) is 0. The van der Waals surface area contributed by atoms with Crippen LogP contribution in [0.5, 0.6) is 5.75 Å². The topological polar surface area (TPSA) is 38.7 Å². The number of halogens is 1. The van der Waals surface area contributed by atoms with Gasteiger partial charge in [0.25, 0.3) is 0 Å². The first-order chi connectivity index (χ1) is 7.60. The van der Waals surface area contributed by atoms with Crippen LogP contribution >= 0.6 is 0 Å². The van der Waals surface area contributed by atoms with Crippen molar-refractivity contribution < 1.29 is 19.0 Å². The van der Waals surface area contributed by atoms with E-state index in [1.54, 1.807) is 13.2 Å². The van der Waals surface area contributed by atoms with Gasteiger partial charge in [0.2, 0.25) is 0 Å². The molecule has 1 aromatic rings. The van der Waals surface area contributed by atoms with Gasteiger partial charge in [-0.1, -0.05) is 13.0 Å². The van der Waals surface area contributed by atoms with Crippen LogP contribution < -0.4 is 4.74 Å². The molecule has 0 saturated heterocycles. The molecule has 90 valence electrons. The lowest BCUT2D eigenvalue weighted by Gasteiger charge is -2.18. The van der Waals surface area contributed by atoms with Crippen molar-refractivity contribution in [2.75, 3.05) is 20.8 Å². The van der Waals surface area contributed by atoms with Crippen molar-refractivity contribution >= 4 is 0 Å². The van der Waals surface area contributed by atoms with Crippen LogP contribution in [0.15, 0.2) is 18.2 Å². The molecule has 0 radical (unpaired) electrons. The summed E-state index contributed by atoms with van der Waals surface area (Å²) in [5.74, 6) is -0.378. The summed E-state index contributed by atoms with van der Waals surface area (Å²) in [6.07, 6.45) is -0.736. The Hall–Kier alpha value is -1.13. The molecule has 3 nitrogen and oxygen atoms in total. The highest BCUT2D eigenvalue weighted by atomic mass is 19.1. The third-order valence-electron chi connectivity index (χ3n) is 2.49.